The summed E-state index contributed by atoms with van der Waals surface area (Å²) in [6.45, 7) is 2.63. The quantitative estimate of drug-likeness (QED) is 0.704. The molecule has 0 aliphatic carbocycles. The predicted molar refractivity (Wildman–Crippen MR) is 75.1 cm³/mol. The number of nitrogens with one attached hydrogen (secondary N) is 1. The van der Waals surface area contributed by atoms with Gasteiger partial charge in [0.05, 0.1) is 30.3 Å². The van der Waals surface area contributed by atoms with Crippen LogP contribution in [0.15, 0.2) is 18.2 Å². The van der Waals surface area contributed by atoms with Gasteiger partial charge in [-0.1, -0.05) is 6.07 Å². The first-order valence-electron chi connectivity index (χ1n) is 6.52. The van der Waals surface area contributed by atoms with Crippen molar-refractivity contribution < 1.29 is 10.2 Å². The molecule has 1 aromatic heterocycles. The van der Waals surface area contributed by atoms with Crippen molar-refractivity contribution in [2.24, 2.45) is 7.05 Å². The third-order valence-corrected chi connectivity index (χ3v) is 3.46. The Balaban J connectivity index is 2.02. The lowest BCUT2D eigenvalue weighted by Crippen LogP contribution is -2.36. The van der Waals surface area contributed by atoms with Crippen LogP contribution in [0.3, 0.4) is 0 Å². The van der Waals surface area contributed by atoms with Crippen LogP contribution in [0.5, 0.6) is 0 Å². The molecule has 0 unspecified atom stereocenters. The van der Waals surface area contributed by atoms with E-state index in [9.17, 15) is 0 Å². The fourth-order valence-electron chi connectivity index (χ4n) is 2.13. The minimum absolute atomic E-state index is 0.0467. The maximum Gasteiger partial charge on any atom is 0.106 e. The van der Waals surface area contributed by atoms with Gasteiger partial charge in [0.2, 0.25) is 0 Å². The molecule has 104 valence electrons. The van der Waals surface area contributed by atoms with Gasteiger partial charge in [0.25, 0.3) is 0 Å². The Kier molecular flexibility index (Phi) is 4.52. The number of benzene rings is 1. The molecule has 0 atom stereocenters. The number of rotatable bonds is 6. The van der Waals surface area contributed by atoms with E-state index in [-0.39, 0.29) is 19.3 Å². The molecule has 2 aromatic rings. The Morgan fingerprint density at radius 3 is 2.74 bits per heavy atom. The summed E-state index contributed by atoms with van der Waals surface area (Å²) in [4.78, 5) is 4.51. The van der Waals surface area contributed by atoms with E-state index in [0.29, 0.717) is 0 Å². The predicted octanol–water partition coefficient (Wildman–Crippen LogP) is 0.367. The highest BCUT2D eigenvalue weighted by molar-refractivity contribution is 5.76. The van der Waals surface area contributed by atoms with Gasteiger partial charge < -0.3 is 20.1 Å². The molecule has 5 heteroatoms. The number of aliphatic hydroxyl groups excluding tert-OH is 2. The second-order valence-electron chi connectivity index (χ2n) is 4.81. The van der Waals surface area contributed by atoms with Crippen molar-refractivity contribution in [2.75, 3.05) is 19.8 Å². The lowest BCUT2D eigenvalue weighted by molar-refractivity contribution is 0.171. The zero-order valence-electron chi connectivity index (χ0n) is 11.4. The maximum absolute atomic E-state index is 8.96. The molecule has 0 aliphatic heterocycles. The Bertz CT molecular complexity index is 547. The van der Waals surface area contributed by atoms with Crippen LogP contribution in [-0.4, -0.2) is 45.6 Å². The number of hydrogen-bond donors (Lipinski definition) is 3. The summed E-state index contributed by atoms with van der Waals surface area (Å²) in [7, 11) is 2.01. The van der Waals surface area contributed by atoms with Crippen molar-refractivity contribution >= 4 is 11.0 Å². The fraction of sp³-hybridized carbons (Fsp3) is 0.500. The highest BCUT2D eigenvalue weighted by Crippen LogP contribution is 2.16. The molecule has 1 aromatic carbocycles. The van der Waals surface area contributed by atoms with Crippen molar-refractivity contribution in [2.45, 2.75) is 19.4 Å². The molecule has 1 heterocycles. The minimum Gasteiger partial charge on any atom is -0.395 e. The number of nitrogens with zero attached hydrogens (tertiary/aromatic N) is 2. The Labute approximate surface area is 112 Å². The number of hydrogen-bond acceptors (Lipinski definition) is 4. The summed E-state index contributed by atoms with van der Waals surface area (Å²) in [5.74, 6) is 1.01. The second-order valence-corrected chi connectivity index (χ2v) is 4.81. The van der Waals surface area contributed by atoms with E-state index in [1.807, 2.05) is 14.0 Å². The Morgan fingerprint density at radius 1 is 1.32 bits per heavy atom. The summed E-state index contributed by atoms with van der Waals surface area (Å²) in [5.41, 5.74) is 3.35. The van der Waals surface area contributed by atoms with Crippen LogP contribution in [0.1, 0.15) is 11.4 Å². The first-order chi connectivity index (χ1) is 9.15. The molecule has 0 saturated carbocycles. The average molecular weight is 263 g/mol. The highest BCUT2D eigenvalue weighted by Gasteiger charge is 2.06. The van der Waals surface area contributed by atoms with Crippen molar-refractivity contribution in [1.82, 2.24) is 14.9 Å². The van der Waals surface area contributed by atoms with Gasteiger partial charge in [0.1, 0.15) is 5.82 Å². The van der Waals surface area contributed by atoms with E-state index in [2.05, 4.69) is 33.1 Å². The van der Waals surface area contributed by atoms with E-state index in [4.69, 9.17) is 10.2 Å². The van der Waals surface area contributed by atoms with Crippen LogP contribution in [0, 0.1) is 6.92 Å². The lowest BCUT2D eigenvalue weighted by atomic mass is 10.1. The number of aromatic nitrogens is 2. The average Bonchev–Trinajstić information content (AvgIpc) is 2.70. The van der Waals surface area contributed by atoms with E-state index >= 15 is 0 Å². The van der Waals surface area contributed by atoms with Crippen LogP contribution >= 0.6 is 0 Å². The van der Waals surface area contributed by atoms with Gasteiger partial charge in [0, 0.05) is 7.05 Å². The molecule has 0 spiro atoms. The van der Waals surface area contributed by atoms with Gasteiger partial charge in [-0.15, -0.1) is 0 Å². The van der Waals surface area contributed by atoms with E-state index in [1.54, 1.807) is 0 Å². The van der Waals surface area contributed by atoms with Crippen LogP contribution < -0.4 is 5.32 Å². The van der Waals surface area contributed by atoms with Crippen LogP contribution in [0.2, 0.25) is 0 Å². The summed E-state index contributed by atoms with van der Waals surface area (Å²) in [5, 5.41) is 21.0. The van der Waals surface area contributed by atoms with Crippen molar-refractivity contribution in [3.05, 3.63) is 29.6 Å². The Hall–Kier alpha value is -1.43. The molecule has 0 saturated heterocycles. The second kappa shape index (κ2) is 6.14. The van der Waals surface area contributed by atoms with Gasteiger partial charge in [0.15, 0.2) is 0 Å². The summed E-state index contributed by atoms with van der Waals surface area (Å²) < 4.78 is 2.07. The lowest BCUT2D eigenvalue weighted by Gasteiger charge is -2.12. The largest absolute Gasteiger partial charge is 0.395 e. The molecule has 0 bridgehead atoms. The van der Waals surface area contributed by atoms with Gasteiger partial charge in [-0.3, -0.25) is 0 Å². The van der Waals surface area contributed by atoms with Crippen molar-refractivity contribution in [3.63, 3.8) is 0 Å². The number of aliphatic hydroxyl groups is 2. The monoisotopic (exact) mass is 263 g/mol. The molecule has 5 nitrogen and oxygen atoms in total. The molecular formula is C14H21N3O2. The third kappa shape index (κ3) is 3.12. The third-order valence-electron chi connectivity index (χ3n) is 3.46. The first-order valence-corrected chi connectivity index (χ1v) is 6.52. The SMILES string of the molecule is Cc1nc2cc(CCNC(CO)CO)ccc2n1C. The fourth-order valence-corrected chi connectivity index (χ4v) is 2.13. The van der Waals surface area contributed by atoms with E-state index in [1.165, 1.54) is 5.56 Å². The van der Waals surface area contributed by atoms with Gasteiger partial charge in [-0.2, -0.15) is 0 Å². The van der Waals surface area contributed by atoms with Gasteiger partial charge in [-0.25, -0.2) is 4.98 Å². The van der Waals surface area contributed by atoms with Gasteiger partial charge >= 0.3 is 0 Å². The maximum atomic E-state index is 8.96. The van der Waals surface area contributed by atoms with Crippen molar-refractivity contribution in [3.8, 4) is 0 Å². The standard InChI is InChI=1S/C14H21N3O2/c1-10-16-13-7-11(3-4-14(13)17(10)2)5-6-15-12(8-18)9-19/h3-4,7,12,15,18-19H,5-6,8-9H2,1-2H3. The normalized spacial score (nSPS) is 11.6. The molecule has 0 aliphatic rings. The molecule has 3 N–H and O–H groups in total. The summed E-state index contributed by atoms with van der Waals surface area (Å²) >= 11 is 0. The number of imidazole rings is 1. The molecule has 2 rings (SSSR count). The van der Waals surface area contributed by atoms with Crippen LogP contribution in [-0.2, 0) is 13.5 Å². The summed E-state index contributed by atoms with van der Waals surface area (Å²) in [6.07, 6.45) is 0.849. The molecule has 0 amide bonds. The highest BCUT2D eigenvalue weighted by atomic mass is 16.3. The molecule has 0 radical (unpaired) electrons. The first kappa shape index (κ1) is 14.0. The topological polar surface area (TPSA) is 70.3 Å². The summed E-state index contributed by atoms with van der Waals surface area (Å²) in [6, 6.07) is 6.04. The van der Waals surface area contributed by atoms with Crippen molar-refractivity contribution in [1.29, 1.82) is 0 Å². The number of aryl methyl sites for hydroxylation is 2. The molecule has 19 heavy (non-hydrogen) atoms. The Morgan fingerprint density at radius 2 is 2.05 bits per heavy atom. The van der Waals surface area contributed by atoms with E-state index in [0.717, 1.165) is 29.8 Å². The zero-order chi connectivity index (χ0) is 13.8. The number of fused-ring (bicyclic) bond motifs is 1. The van der Waals surface area contributed by atoms with Crippen LogP contribution in [0.25, 0.3) is 11.0 Å². The smallest absolute Gasteiger partial charge is 0.106 e. The van der Waals surface area contributed by atoms with Gasteiger partial charge in [-0.05, 0) is 37.6 Å². The molecule has 0 fully saturated rings. The van der Waals surface area contributed by atoms with Crippen LogP contribution in [0.4, 0.5) is 0 Å². The van der Waals surface area contributed by atoms with E-state index < -0.39 is 0 Å². The minimum atomic E-state index is -0.235. The zero-order valence-corrected chi connectivity index (χ0v) is 11.4. The molecular weight excluding hydrogens is 242 g/mol.